The Morgan fingerprint density at radius 2 is 2.16 bits per heavy atom. The Morgan fingerprint density at radius 1 is 1.37 bits per heavy atom. The Bertz CT molecular complexity index is 416. The zero-order valence-electron chi connectivity index (χ0n) is 11.4. The summed E-state index contributed by atoms with van der Waals surface area (Å²) in [5, 5.41) is 6.29. The highest BCUT2D eigenvalue weighted by Crippen LogP contribution is 2.19. The summed E-state index contributed by atoms with van der Waals surface area (Å²) in [7, 11) is 0. The molecule has 0 spiro atoms. The van der Waals surface area contributed by atoms with Gasteiger partial charge in [0.2, 0.25) is 5.91 Å². The number of carbonyl (C=O) groups excluding carboxylic acids is 1. The Morgan fingerprint density at radius 3 is 2.89 bits per heavy atom. The Balaban J connectivity index is 1.80. The third-order valence-corrected chi connectivity index (χ3v) is 3.12. The van der Waals surface area contributed by atoms with Crippen molar-refractivity contribution < 1.29 is 9.53 Å². The quantitative estimate of drug-likeness (QED) is 0.756. The summed E-state index contributed by atoms with van der Waals surface area (Å²) in [4.78, 5) is 11.8. The minimum atomic E-state index is 0.0529. The molecule has 2 N–H and O–H groups in total. The zero-order valence-corrected chi connectivity index (χ0v) is 11.4. The van der Waals surface area contributed by atoms with E-state index in [0.717, 1.165) is 17.8 Å². The second-order valence-electron chi connectivity index (χ2n) is 4.82. The van der Waals surface area contributed by atoms with Gasteiger partial charge in [0.1, 0.15) is 0 Å². The molecule has 104 valence electrons. The molecule has 1 amide bonds. The fraction of sp³-hybridized carbons (Fsp3) is 0.533. The highest BCUT2D eigenvalue weighted by atomic mass is 16.5. The average molecular weight is 262 g/mol. The van der Waals surface area contributed by atoms with Crippen LogP contribution in [0.25, 0.3) is 0 Å². The Hall–Kier alpha value is -1.39. The molecule has 4 nitrogen and oxygen atoms in total. The SMILES string of the molecule is CCOCc1ccccc1NC(=O)CCNC1CC1. The van der Waals surface area contributed by atoms with E-state index in [1.54, 1.807) is 0 Å². The van der Waals surface area contributed by atoms with E-state index in [4.69, 9.17) is 4.74 Å². The third-order valence-electron chi connectivity index (χ3n) is 3.12. The molecule has 0 atom stereocenters. The summed E-state index contributed by atoms with van der Waals surface area (Å²) in [5.74, 6) is 0.0529. The standard InChI is InChI=1S/C15H22N2O2/c1-2-19-11-12-5-3-4-6-14(12)17-15(18)9-10-16-13-7-8-13/h3-6,13,16H,2,7-11H2,1H3,(H,17,18). The smallest absolute Gasteiger partial charge is 0.225 e. The van der Waals surface area contributed by atoms with E-state index in [0.29, 0.717) is 25.7 Å². The maximum absolute atomic E-state index is 11.8. The molecule has 1 saturated carbocycles. The van der Waals surface area contributed by atoms with Gasteiger partial charge in [0, 0.05) is 36.9 Å². The highest BCUT2D eigenvalue weighted by molar-refractivity contribution is 5.91. The van der Waals surface area contributed by atoms with Gasteiger partial charge < -0.3 is 15.4 Å². The molecule has 0 aliphatic heterocycles. The van der Waals surface area contributed by atoms with Crippen LogP contribution in [-0.4, -0.2) is 25.1 Å². The Kier molecular flexibility index (Phi) is 5.36. The molecule has 0 heterocycles. The first-order valence-corrected chi connectivity index (χ1v) is 6.98. The average Bonchev–Trinajstić information content (AvgIpc) is 3.22. The monoisotopic (exact) mass is 262 g/mol. The summed E-state index contributed by atoms with van der Waals surface area (Å²) in [6.07, 6.45) is 3.01. The van der Waals surface area contributed by atoms with Gasteiger partial charge in [-0.15, -0.1) is 0 Å². The lowest BCUT2D eigenvalue weighted by atomic mass is 10.2. The van der Waals surface area contributed by atoms with E-state index in [9.17, 15) is 4.79 Å². The van der Waals surface area contributed by atoms with Crippen LogP contribution in [0.1, 0.15) is 31.7 Å². The number of amides is 1. The summed E-state index contributed by atoms with van der Waals surface area (Å²) < 4.78 is 5.40. The predicted molar refractivity (Wildman–Crippen MR) is 76.0 cm³/mol. The molecule has 4 heteroatoms. The molecule has 0 bridgehead atoms. The van der Waals surface area contributed by atoms with Gasteiger partial charge in [-0.1, -0.05) is 18.2 Å². The second-order valence-corrected chi connectivity index (χ2v) is 4.82. The van der Waals surface area contributed by atoms with Crippen molar-refractivity contribution in [3.05, 3.63) is 29.8 Å². The van der Waals surface area contributed by atoms with Crippen LogP contribution in [0.4, 0.5) is 5.69 Å². The van der Waals surface area contributed by atoms with Gasteiger partial charge in [-0.2, -0.15) is 0 Å². The van der Waals surface area contributed by atoms with Crippen molar-refractivity contribution in [3.8, 4) is 0 Å². The molecular weight excluding hydrogens is 240 g/mol. The number of rotatable bonds is 8. The van der Waals surface area contributed by atoms with Gasteiger partial charge in [-0.3, -0.25) is 4.79 Å². The van der Waals surface area contributed by atoms with E-state index in [1.165, 1.54) is 12.8 Å². The first-order valence-electron chi connectivity index (χ1n) is 6.98. The van der Waals surface area contributed by atoms with E-state index in [1.807, 2.05) is 31.2 Å². The van der Waals surface area contributed by atoms with E-state index in [-0.39, 0.29) is 5.91 Å². The Labute approximate surface area is 114 Å². The molecule has 1 fully saturated rings. The lowest BCUT2D eigenvalue weighted by Crippen LogP contribution is -2.23. The lowest BCUT2D eigenvalue weighted by molar-refractivity contribution is -0.116. The minimum Gasteiger partial charge on any atom is -0.377 e. The predicted octanol–water partition coefficient (Wildman–Crippen LogP) is 2.30. The molecule has 0 unspecified atom stereocenters. The summed E-state index contributed by atoms with van der Waals surface area (Å²) >= 11 is 0. The molecular formula is C15H22N2O2. The summed E-state index contributed by atoms with van der Waals surface area (Å²) in [6.45, 7) is 3.93. The fourth-order valence-electron chi connectivity index (χ4n) is 1.87. The van der Waals surface area contributed by atoms with Gasteiger partial charge in [-0.25, -0.2) is 0 Å². The van der Waals surface area contributed by atoms with Crippen molar-refractivity contribution >= 4 is 11.6 Å². The number of anilines is 1. The second kappa shape index (κ2) is 7.26. The fourth-order valence-corrected chi connectivity index (χ4v) is 1.87. The van der Waals surface area contributed by atoms with Gasteiger partial charge in [0.15, 0.2) is 0 Å². The van der Waals surface area contributed by atoms with Crippen molar-refractivity contribution in [3.63, 3.8) is 0 Å². The van der Waals surface area contributed by atoms with E-state index in [2.05, 4.69) is 10.6 Å². The molecule has 2 rings (SSSR count). The molecule has 1 aliphatic rings. The number of benzene rings is 1. The zero-order chi connectivity index (χ0) is 13.5. The highest BCUT2D eigenvalue weighted by Gasteiger charge is 2.20. The van der Waals surface area contributed by atoms with Crippen LogP contribution in [0.5, 0.6) is 0 Å². The van der Waals surface area contributed by atoms with Crippen molar-refractivity contribution in [2.45, 2.75) is 38.8 Å². The number of hydrogen-bond donors (Lipinski definition) is 2. The van der Waals surface area contributed by atoms with Crippen LogP contribution in [0, 0.1) is 0 Å². The van der Waals surface area contributed by atoms with Crippen molar-refractivity contribution in [1.29, 1.82) is 0 Å². The van der Waals surface area contributed by atoms with Crippen LogP contribution in [0.3, 0.4) is 0 Å². The molecule has 0 saturated heterocycles. The van der Waals surface area contributed by atoms with Crippen molar-refractivity contribution in [2.75, 3.05) is 18.5 Å². The van der Waals surface area contributed by atoms with Gasteiger partial charge >= 0.3 is 0 Å². The maximum Gasteiger partial charge on any atom is 0.225 e. The van der Waals surface area contributed by atoms with Gasteiger partial charge in [0.05, 0.1) is 6.61 Å². The van der Waals surface area contributed by atoms with Crippen molar-refractivity contribution in [1.82, 2.24) is 5.32 Å². The maximum atomic E-state index is 11.8. The van der Waals surface area contributed by atoms with Gasteiger partial charge in [-0.05, 0) is 25.8 Å². The first kappa shape index (κ1) is 14.0. The molecule has 19 heavy (non-hydrogen) atoms. The van der Waals surface area contributed by atoms with Gasteiger partial charge in [0.25, 0.3) is 0 Å². The number of carbonyl (C=O) groups is 1. The lowest BCUT2D eigenvalue weighted by Gasteiger charge is -2.11. The summed E-state index contributed by atoms with van der Waals surface area (Å²) in [6, 6.07) is 8.43. The topological polar surface area (TPSA) is 50.4 Å². The summed E-state index contributed by atoms with van der Waals surface area (Å²) in [5.41, 5.74) is 1.88. The molecule has 0 aromatic heterocycles. The minimum absolute atomic E-state index is 0.0529. The van der Waals surface area contributed by atoms with E-state index < -0.39 is 0 Å². The number of hydrogen-bond acceptors (Lipinski definition) is 3. The molecule has 1 aromatic carbocycles. The van der Waals surface area contributed by atoms with Crippen LogP contribution >= 0.6 is 0 Å². The largest absolute Gasteiger partial charge is 0.377 e. The molecule has 0 radical (unpaired) electrons. The molecule has 1 aromatic rings. The van der Waals surface area contributed by atoms with Crippen LogP contribution in [-0.2, 0) is 16.1 Å². The number of nitrogens with one attached hydrogen (secondary N) is 2. The third kappa shape index (κ3) is 5.01. The normalized spacial score (nSPS) is 14.4. The first-order chi connectivity index (χ1) is 9.29. The van der Waals surface area contributed by atoms with Crippen molar-refractivity contribution in [2.24, 2.45) is 0 Å². The van der Waals surface area contributed by atoms with Crippen LogP contribution in [0.2, 0.25) is 0 Å². The van der Waals surface area contributed by atoms with Crippen LogP contribution < -0.4 is 10.6 Å². The van der Waals surface area contributed by atoms with Crippen LogP contribution in [0.15, 0.2) is 24.3 Å². The van der Waals surface area contributed by atoms with E-state index >= 15 is 0 Å². The number of para-hydroxylation sites is 1. The molecule has 1 aliphatic carbocycles. The number of ether oxygens (including phenoxy) is 1.